The average Bonchev–Trinajstić information content (AvgIpc) is 3.45. The van der Waals surface area contributed by atoms with Gasteiger partial charge in [-0.25, -0.2) is 13.4 Å². The van der Waals surface area contributed by atoms with Gasteiger partial charge in [0.1, 0.15) is 5.01 Å². The largest absolute Gasteiger partial charge is 0.357 e. The molecule has 8 nitrogen and oxygen atoms in total. The van der Waals surface area contributed by atoms with E-state index >= 15 is 0 Å². The van der Waals surface area contributed by atoms with Crippen LogP contribution in [0.2, 0.25) is 0 Å². The standard InChI is InChI=1S/C22H21N3O5S4/c1-33(26,27)25(18-6-3-2-4-7-18)20(19-15-32-22(23-19)21-8-5-13-31-21)14-16-9-11-17(12-10-16)24-34(28,29)30/h2-13,15,20,24H,14H2,1H3,(H,28,29,30)/t20-/m0/s1. The van der Waals surface area contributed by atoms with Crippen molar-refractivity contribution in [2.75, 3.05) is 15.3 Å². The van der Waals surface area contributed by atoms with Gasteiger partial charge in [0.05, 0.1) is 34.2 Å². The Morgan fingerprint density at radius 1 is 0.971 bits per heavy atom. The van der Waals surface area contributed by atoms with Crippen molar-refractivity contribution in [1.29, 1.82) is 0 Å². The smallest absolute Gasteiger partial charge is 0.269 e. The van der Waals surface area contributed by atoms with Crippen LogP contribution in [0.15, 0.2) is 77.5 Å². The minimum atomic E-state index is -4.39. The van der Waals surface area contributed by atoms with Gasteiger partial charge in [-0.2, -0.15) is 8.42 Å². The second-order valence-corrected chi connectivity index (χ2v) is 12.3. The molecular weight excluding hydrogens is 515 g/mol. The van der Waals surface area contributed by atoms with E-state index in [1.54, 1.807) is 47.7 Å². The molecule has 0 saturated heterocycles. The number of hydrogen-bond acceptors (Lipinski definition) is 7. The third-order valence-corrected chi connectivity index (χ3v) is 8.45. The monoisotopic (exact) mass is 535 g/mol. The normalized spacial score (nSPS) is 12.9. The van der Waals surface area contributed by atoms with Crippen LogP contribution >= 0.6 is 22.7 Å². The maximum atomic E-state index is 13.0. The summed E-state index contributed by atoms with van der Waals surface area (Å²) in [6, 6.07) is 18.5. The first-order chi connectivity index (χ1) is 16.1. The summed E-state index contributed by atoms with van der Waals surface area (Å²) in [5, 5.41) is 4.64. The minimum Gasteiger partial charge on any atom is -0.269 e. The van der Waals surface area contributed by atoms with Crippen LogP contribution in [0.5, 0.6) is 0 Å². The van der Waals surface area contributed by atoms with Gasteiger partial charge in [0.2, 0.25) is 10.0 Å². The first kappa shape index (κ1) is 24.4. The Labute approximate surface area is 206 Å². The highest BCUT2D eigenvalue weighted by Crippen LogP contribution is 2.36. The van der Waals surface area contributed by atoms with Crippen molar-refractivity contribution in [2.24, 2.45) is 0 Å². The Kier molecular flexibility index (Phi) is 7.05. The lowest BCUT2D eigenvalue weighted by atomic mass is 10.0. The van der Waals surface area contributed by atoms with Crippen molar-refractivity contribution >= 4 is 54.4 Å². The highest BCUT2D eigenvalue weighted by Gasteiger charge is 2.31. The number of sulfonamides is 1. The van der Waals surface area contributed by atoms with Gasteiger partial charge < -0.3 is 0 Å². The number of nitrogens with zero attached hydrogens (tertiary/aromatic N) is 2. The molecule has 4 rings (SSSR count). The molecule has 0 aliphatic carbocycles. The van der Waals surface area contributed by atoms with Crippen molar-refractivity contribution in [2.45, 2.75) is 12.5 Å². The number of anilines is 2. The third kappa shape index (κ3) is 6.02. The highest BCUT2D eigenvalue weighted by atomic mass is 32.2. The van der Waals surface area contributed by atoms with Gasteiger partial charge >= 0.3 is 10.3 Å². The fourth-order valence-corrected chi connectivity index (χ4v) is 6.78. The summed E-state index contributed by atoms with van der Waals surface area (Å²) < 4.78 is 60.5. The molecule has 1 atom stereocenters. The van der Waals surface area contributed by atoms with Gasteiger partial charge in [0, 0.05) is 5.38 Å². The van der Waals surface area contributed by atoms with Crippen molar-refractivity contribution in [3.8, 4) is 9.88 Å². The summed E-state index contributed by atoms with van der Waals surface area (Å²) in [4.78, 5) is 5.77. The predicted molar refractivity (Wildman–Crippen MR) is 137 cm³/mol. The Morgan fingerprint density at radius 3 is 2.26 bits per heavy atom. The van der Waals surface area contributed by atoms with E-state index in [0.29, 0.717) is 17.8 Å². The second-order valence-electron chi connectivity index (χ2n) is 7.44. The topological polar surface area (TPSA) is 117 Å². The number of hydrogen-bond donors (Lipinski definition) is 2. The molecule has 0 unspecified atom stereocenters. The molecular formula is C22H21N3O5S4. The van der Waals surface area contributed by atoms with Gasteiger partial charge in [-0.15, -0.1) is 22.7 Å². The van der Waals surface area contributed by atoms with Gasteiger partial charge in [-0.3, -0.25) is 13.6 Å². The van der Waals surface area contributed by atoms with E-state index in [2.05, 4.69) is 0 Å². The molecule has 2 aromatic carbocycles. The number of thiophene rings is 1. The summed E-state index contributed by atoms with van der Waals surface area (Å²) in [5.74, 6) is 0. The molecule has 2 N–H and O–H groups in total. The van der Waals surface area contributed by atoms with Gasteiger partial charge in [0.25, 0.3) is 0 Å². The molecule has 34 heavy (non-hydrogen) atoms. The molecule has 0 spiro atoms. The van der Waals surface area contributed by atoms with E-state index in [1.807, 2.05) is 33.7 Å². The Morgan fingerprint density at radius 2 is 1.68 bits per heavy atom. The number of aromatic nitrogens is 1. The van der Waals surface area contributed by atoms with Crippen LogP contribution < -0.4 is 9.03 Å². The third-order valence-electron chi connectivity index (χ3n) is 4.88. The quantitative estimate of drug-likeness (QED) is 0.296. The summed E-state index contributed by atoms with van der Waals surface area (Å²) in [6.07, 6.45) is 1.46. The van der Waals surface area contributed by atoms with Crippen molar-refractivity contribution in [3.63, 3.8) is 0 Å². The van der Waals surface area contributed by atoms with Gasteiger partial charge in [-0.05, 0) is 47.7 Å². The zero-order valence-corrected chi connectivity index (χ0v) is 21.2. The van der Waals surface area contributed by atoms with Crippen molar-refractivity contribution in [3.05, 3.63) is 88.7 Å². The molecule has 4 aromatic rings. The lowest BCUT2D eigenvalue weighted by molar-refractivity contribution is 0.489. The van der Waals surface area contributed by atoms with E-state index in [9.17, 15) is 16.8 Å². The number of benzene rings is 2. The molecule has 0 bridgehead atoms. The Hall–Kier alpha value is -2.77. The molecule has 2 heterocycles. The molecule has 0 amide bonds. The molecule has 0 fully saturated rings. The molecule has 0 aliphatic heterocycles. The van der Waals surface area contributed by atoms with Crippen molar-refractivity contribution < 1.29 is 21.4 Å². The fourth-order valence-electron chi connectivity index (χ4n) is 3.52. The van der Waals surface area contributed by atoms with Crippen LogP contribution in [0.4, 0.5) is 11.4 Å². The molecule has 2 aromatic heterocycles. The van der Waals surface area contributed by atoms with E-state index in [4.69, 9.17) is 9.54 Å². The molecule has 0 saturated carbocycles. The highest BCUT2D eigenvalue weighted by molar-refractivity contribution is 7.92. The maximum Gasteiger partial charge on any atom is 0.357 e. The molecule has 178 valence electrons. The van der Waals surface area contributed by atoms with Crippen LogP contribution in [0.25, 0.3) is 9.88 Å². The van der Waals surface area contributed by atoms with Crippen LogP contribution in [0.3, 0.4) is 0 Å². The summed E-state index contributed by atoms with van der Waals surface area (Å²) in [5.41, 5.74) is 2.09. The molecule has 0 radical (unpaired) electrons. The minimum absolute atomic E-state index is 0.194. The summed E-state index contributed by atoms with van der Waals surface area (Å²) in [6.45, 7) is 0. The van der Waals surface area contributed by atoms with Gasteiger partial charge in [0.15, 0.2) is 0 Å². The number of thiazole rings is 1. The first-order valence-electron chi connectivity index (χ1n) is 9.98. The Balaban J connectivity index is 1.75. The summed E-state index contributed by atoms with van der Waals surface area (Å²) >= 11 is 3.01. The summed E-state index contributed by atoms with van der Waals surface area (Å²) in [7, 11) is -8.08. The van der Waals surface area contributed by atoms with Crippen LogP contribution in [-0.4, -0.2) is 32.6 Å². The molecule has 12 heteroatoms. The Bertz CT molecular complexity index is 1450. The predicted octanol–water partition coefficient (Wildman–Crippen LogP) is 4.84. The van der Waals surface area contributed by atoms with E-state index in [0.717, 1.165) is 15.4 Å². The van der Waals surface area contributed by atoms with Crippen molar-refractivity contribution in [1.82, 2.24) is 4.98 Å². The van der Waals surface area contributed by atoms with Crippen LogP contribution in [0, 0.1) is 0 Å². The van der Waals surface area contributed by atoms with E-state index < -0.39 is 26.4 Å². The lowest BCUT2D eigenvalue weighted by Crippen LogP contribution is -2.35. The molecule has 0 aliphatic rings. The van der Waals surface area contributed by atoms with E-state index in [-0.39, 0.29) is 5.69 Å². The maximum absolute atomic E-state index is 13.0. The number of rotatable bonds is 9. The lowest BCUT2D eigenvalue weighted by Gasteiger charge is -2.31. The first-order valence-corrected chi connectivity index (χ1v) is 15.0. The van der Waals surface area contributed by atoms with Crippen LogP contribution in [-0.2, 0) is 26.7 Å². The van der Waals surface area contributed by atoms with Gasteiger partial charge in [-0.1, -0.05) is 36.4 Å². The van der Waals surface area contributed by atoms with E-state index in [1.165, 1.54) is 34.0 Å². The number of nitrogens with one attached hydrogen (secondary N) is 1. The zero-order valence-electron chi connectivity index (χ0n) is 17.9. The average molecular weight is 536 g/mol. The fraction of sp³-hybridized carbons (Fsp3) is 0.136. The SMILES string of the molecule is CS(=O)(=O)N(c1ccccc1)[C@@H](Cc1ccc(NS(=O)(=O)O)cc1)c1csc(-c2cccs2)n1. The number of para-hydroxylation sites is 1. The zero-order chi connectivity index (χ0) is 24.3. The van der Waals surface area contributed by atoms with Crippen LogP contribution in [0.1, 0.15) is 17.3 Å². The second kappa shape index (κ2) is 9.84.